The van der Waals surface area contributed by atoms with E-state index >= 15 is 0 Å². The number of hydrogen-bond donors (Lipinski definition) is 1. The van der Waals surface area contributed by atoms with E-state index in [2.05, 4.69) is 42.1 Å². The first-order valence-corrected chi connectivity index (χ1v) is 7.99. The molecule has 0 saturated heterocycles. The molecule has 3 unspecified atom stereocenters. The van der Waals surface area contributed by atoms with E-state index in [4.69, 9.17) is 0 Å². The highest BCUT2D eigenvalue weighted by molar-refractivity contribution is 5.09. The highest BCUT2D eigenvalue weighted by Crippen LogP contribution is 2.40. The molecule has 1 aromatic rings. The Morgan fingerprint density at radius 2 is 2.16 bits per heavy atom. The molecular formula is C16H29N3. The third-order valence-electron chi connectivity index (χ3n) is 4.71. The second-order valence-electron chi connectivity index (χ2n) is 5.93. The lowest BCUT2D eigenvalue weighted by atomic mass is 9.73. The molecule has 0 aliphatic heterocycles. The van der Waals surface area contributed by atoms with Crippen LogP contribution in [0.25, 0.3) is 0 Å². The Balaban J connectivity index is 2.18. The average molecular weight is 263 g/mol. The molecule has 108 valence electrons. The van der Waals surface area contributed by atoms with Crippen molar-refractivity contribution in [2.24, 2.45) is 18.9 Å². The van der Waals surface area contributed by atoms with Crippen LogP contribution in [0, 0.1) is 11.8 Å². The second kappa shape index (κ2) is 7.09. The fraction of sp³-hybridized carbons (Fsp3) is 0.812. The molecule has 1 fully saturated rings. The molecule has 1 aliphatic carbocycles. The summed E-state index contributed by atoms with van der Waals surface area (Å²) in [4.78, 5) is 0. The molecule has 0 spiro atoms. The summed E-state index contributed by atoms with van der Waals surface area (Å²) in [6.07, 6.45) is 10.0. The van der Waals surface area contributed by atoms with Crippen LogP contribution in [0.15, 0.2) is 12.3 Å². The van der Waals surface area contributed by atoms with Crippen LogP contribution < -0.4 is 5.32 Å². The van der Waals surface area contributed by atoms with Gasteiger partial charge < -0.3 is 5.32 Å². The summed E-state index contributed by atoms with van der Waals surface area (Å²) in [7, 11) is 2.07. The maximum Gasteiger partial charge on any atom is 0.0553 e. The summed E-state index contributed by atoms with van der Waals surface area (Å²) in [6, 6.07) is 2.67. The van der Waals surface area contributed by atoms with Crippen LogP contribution in [0.3, 0.4) is 0 Å². The van der Waals surface area contributed by atoms with Crippen molar-refractivity contribution in [1.29, 1.82) is 0 Å². The maximum atomic E-state index is 4.37. The molecule has 19 heavy (non-hydrogen) atoms. The molecule has 1 N–H and O–H groups in total. The third-order valence-corrected chi connectivity index (χ3v) is 4.71. The highest BCUT2D eigenvalue weighted by atomic mass is 15.3. The molecule has 3 atom stereocenters. The Kier molecular flexibility index (Phi) is 5.44. The van der Waals surface area contributed by atoms with Gasteiger partial charge in [-0.2, -0.15) is 5.10 Å². The number of hydrogen-bond acceptors (Lipinski definition) is 2. The van der Waals surface area contributed by atoms with Crippen molar-refractivity contribution in [2.45, 2.75) is 58.4 Å². The van der Waals surface area contributed by atoms with E-state index in [0.29, 0.717) is 6.04 Å². The first kappa shape index (κ1) is 14.6. The Bertz CT molecular complexity index is 372. The summed E-state index contributed by atoms with van der Waals surface area (Å²) in [5.74, 6) is 1.65. The van der Waals surface area contributed by atoms with Crippen LogP contribution in [0.2, 0.25) is 0 Å². The Hall–Kier alpha value is -0.830. The topological polar surface area (TPSA) is 29.9 Å². The van der Waals surface area contributed by atoms with Gasteiger partial charge in [-0.15, -0.1) is 0 Å². The molecule has 0 radical (unpaired) electrons. The van der Waals surface area contributed by atoms with Gasteiger partial charge >= 0.3 is 0 Å². The molecule has 3 nitrogen and oxygen atoms in total. The maximum absolute atomic E-state index is 4.37. The molecule has 0 aromatic carbocycles. The van der Waals surface area contributed by atoms with Crippen molar-refractivity contribution < 1.29 is 0 Å². The summed E-state index contributed by atoms with van der Waals surface area (Å²) in [6.45, 7) is 5.69. The Labute approximate surface area is 117 Å². The molecule has 2 rings (SSSR count). The molecule has 3 heteroatoms. The van der Waals surface area contributed by atoms with Gasteiger partial charge in [0, 0.05) is 13.2 Å². The average Bonchev–Trinajstić information content (AvgIpc) is 2.86. The minimum atomic E-state index is 0.484. The van der Waals surface area contributed by atoms with Gasteiger partial charge in [-0.25, -0.2) is 0 Å². The van der Waals surface area contributed by atoms with Gasteiger partial charge in [0.1, 0.15) is 0 Å². The predicted octanol–water partition coefficient (Wildman–Crippen LogP) is 3.68. The van der Waals surface area contributed by atoms with Gasteiger partial charge in [0.25, 0.3) is 0 Å². The lowest BCUT2D eigenvalue weighted by molar-refractivity contribution is 0.171. The molecule has 1 saturated carbocycles. The molecule has 0 bridgehead atoms. The van der Waals surface area contributed by atoms with Gasteiger partial charge in [0.15, 0.2) is 0 Å². The zero-order valence-corrected chi connectivity index (χ0v) is 12.7. The molecule has 1 aromatic heterocycles. The van der Waals surface area contributed by atoms with Gasteiger partial charge in [-0.3, -0.25) is 4.68 Å². The minimum Gasteiger partial charge on any atom is -0.308 e. The Morgan fingerprint density at radius 3 is 2.79 bits per heavy atom. The van der Waals surface area contributed by atoms with Crippen molar-refractivity contribution in [3.8, 4) is 0 Å². The quantitative estimate of drug-likeness (QED) is 0.848. The van der Waals surface area contributed by atoms with Crippen LogP contribution in [0.4, 0.5) is 0 Å². The van der Waals surface area contributed by atoms with E-state index in [9.17, 15) is 0 Å². The standard InChI is InChI=1S/C16H29N3/c1-4-11-17-16(15-10-12-18-19(15)3)14-9-7-6-8-13(14)5-2/h10,12-14,16-17H,4-9,11H2,1-3H3. The van der Waals surface area contributed by atoms with Crippen LogP contribution in [-0.2, 0) is 7.05 Å². The van der Waals surface area contributed by atoms with E-state index < -0.39 is 0 Å². The van der Waals surface area contributed by atoms with Crippen LogP contribution in [-0.4, -0.2) is 16.3 Å². The summed E-state index contributed by atoms with van der Waals surface area (Å²) >= 11 is 0. The monoisotopic (exact) mass is 263 g/mol. The van der Waals surface area contributed by atoms with Gasteiger partial charge in [0.05, 0.1) is 11.7 Å². The van der Waals surface area contributed by atoms with Gasteiger partial charge in [0.2, 0.25) is 0 Å². The van der Waals surface area contributed by atoms with E-state index in [1.807, 2.05) is 6.20 Å². The molecule has 0 amide bonds. The van der Waals surface area contributed by atoms with Crippen molar-refractivity contribution in [3.63, 3.8) is 0 Å². The first-order valence-electron chi connectivity index (χ1n) is 7.99. The van der Waals surface area contributed by atoms with Crippen LogP contribution in [0.5, 0.6) is 0 Å². The normalized spacial score (nSPS) is 25.4. The summed E-state index contributed by atoms with van der Waals surface area (Å²) in [5, 5.41) is 8.15. The zero-order chi connectivity index (χ0) is 13.7. The largest absolute Gasteiger partial charge is 0.308 e. The lowest BCUT2D eigenvalue weighted by Crippen LogP contribution is -2.36. The van der Waals surface area contributed by atoms with E-state index in [-0.39, 0.29) is 0 Å². The number of rotatable bonds is 6. The van der Waals surface area contributed by atoms with Crippen molar-refractivity contribution in [3.05, 3.63) is 18.0 Å². The van der Waals surface area contributed by atoms with Gasteiger partial charge in [-0.1, -0.05) is 39.5 Å². The smallest absolute Gasteiger partial charge is 0.0553 e. The SMILES string of the molecule is CCCNC(c1ccnn1C)C1CCCCC1CC. The number of nitrogens with one attached hydrogen (secondary N) is 1. The number of aromatic nitrogens is 2. The first-order chi connectivity index (χ1) is 9.27. The predicted molar refractivity (Wildman–Crippen MR) is 80.0 cm³/mol. The lowest BCUT2D eigenvalue weighted by Gasteiger charge is -2.37. The molecule has 1 heterocycles. The summed E-state index contributed by atoms with van der Waals surface area (Å²) < 4.78 is 2.05. The van der Waals surface area contributed by atoms with Crippen molar-refractivity contribution in [2.75, 3.05) is 6.54 Å². The minimum absolute atomic E-state index is 0.484. The van der Waals surface area contributed by atoms with E-state index in [1.54, 1.807) is 0 Å². The van der Waals surface area contributed by atoms with Crippen LogP contribution >= 0.6 is 0 Å². The summed E-state index contributed by atoms with van der Waals surface area (Å²) in [5.41, 5.74) is 1.36. The second-order valence-corrected chi connectivity index (χ2v) is 5.93. The van der Waals surface area contributed by atoms with E-state index in [1.165, 1.54) is 44.2 Å². The van der Waals surface area contributed by atoms with Crippen LogP contribution in [0.1, 0.15) is 64.1 Å². The zero-order valence-electron chi connectivity index (χ0n) is 12.7. The van der Waals surface area contributed by atoms with Crippen molar-refractivity contribution in [1.82, 2.24) is 15.1 Å². The Morgan fingerprint density at radius 1 is 1.37 bits per heavy atom. The molecular weight excluding hydrogens is 234 g/mol. The highest BCUT2D eigenvalue weighted by Gasteiger charge is 2.32. The number of nitrogens with zero attached hydrogens (tertiary/aromatic N) is 2. The fourth-order valence-electron chi connectivity index (χ4n) is 3.65. The number of aryl methyl sites for hydroxylation is 1. The van der Waals surface area contributed by atoms with Gasteiger partial charge in [-0.05, 0) is 37.3 Å². The fourth-order valence-corrected chi connectivity index (χ4v) is 3.65. The third kappa shape index (κ3) is 3.38. The van der Waals surface area contributed by atoms with E-state index in [0.717, 1.165) is 18.4 Å². The van der Waals surface area contributed by atoms with Crippen molar-refractivity contribution >= 4 is 0 Å². The molecule has 1 aliphatic rings.